The number of pyridine rings is 1. The van der Waals surface area contributed by atoms with Crippen LogP contribution in [-0.2, 0) is 0 Å². The van der Waals surface area contributed by atoms with Crippen molar-refractivity contribution < 1.29 is 0 Å². The van der Waals surface area contributed by atoms with E-state index in [9.17, 15) is 0 Å². The van der Waals surface area contributed by atoms with Crippen molar-refractivity contribution in [2.45, 2.75) is 0 Å². The first-order valence-corrected chi connectivity index (χ1v) is 4.63. The molecule has 0 atom stereocenters. The summed E-state index contributed by atoms with van der Waals surface area (Å²) in [6.45, 7) is 0. The van der Waals surface area contributed by atoms with Gasteiger partial charge in [0.25, 0.3) is 0 Å². The van der Waals surface area contributed by atoms with Gasteiger partial charge < -0.3 is 0 Å². The van der Waals surface area contributed by atoms with Crippen LogP contribution in [0.3, 0.4) is 0 Å². The summed E-state index contributed by atoms with van der Waals surface area (Å²) in [4.78, 5) is 4.08. The molecule has 0 radical (unpaired) electrons. The van der Waals surface area contributed by atoms with Crippen LogP contribution in [0.5, 0.6) is 0 Å². The fraction of sp³-hybridized carbons (Fsp3) is 0. The van der Waals surface area contributed by atoms with Crippen LogP contribution in [0, 0.1) is 11.3 Å². The highest BCUT2D eigenvalue weighted by molar-refractivity contribution is 6.44. The number of nitrogens with zero attached hydrogens (tertiary/aromatic N) is 2. The van der Waals surface area contributed by atoms with Gasteiger partial charge in [-0.2, -0.15) is 5.26 Å². The second-order valence-corrected chi connectivity index (χ2v) is 3.53. The van der Waals surface area contributed by atoms with Gasteiger partial charge in [-0.15, -0.1) is 0 Å². The number of rotatable bonds is 0. The third-order valence-corrected chi connectivity index (χ3v) is 2.66. The van der Waals surface area contributed by atoms with Gasteiger partial charge in [0.1, 0.15) is 11.8 Å². The smallest absolute Gasteiger partial charge is 0.141 e. The van der Waals surface area contributed by atoms with Crippen LogP contribution in [0.15, 0.2) is 24.3 Å². The number of fused-ring (bicyclic) bond motifs is 1. The van der Waals surface area contributed by atoms with E-state index in [-0.39, 0.29) is 0 Å². The first-order chi connectivity index (χ1) is 6.72. The summed E-state index contributed by atoms with van der Waals surface area (Å²) in [6, 6.07) is 8.92. The van der Waals surface area contributed by atoms with Crippen LogP contribution in [0.25, 0.3) is 10.9 Å². The van der Waals surface area contributed by atoms with Crippen molar-refractivity contribution in [3.63, 3.8) is 0 Å². The van der Waals surface area contributed by atoms with E-state index >= 15 is 0 Å². The molecule has 1 heterocycles. The van der Waals surface area contributed by atoms with Gasteiger partial charge in [-0.05, 0) is 18.2 Å². The fourth-order valence-electron chi connectivity index (χ4n) is 1.19. The molecule has 1 aromatic heterocycles. The topological polar surface area (TPSA) is 36.7 Å². The summed E-state index contributed by atoms with van der Waals surface area (Å²) in [6.07, 6.45) is 0. The van der Waals surface area contributed by atoms with Gasteiger partial charge in [0, 0.05) is 5.39 Å². The van der Waals surface area contributed by atoms with Gasteiger partial charge in [0.2, 0.25) is 0 Å². The molecule has 0 saturated heterocycles. The summed E-state index contributed by atoms with van der Waals surface area (Å²) in [5.74, 6) is 0. The van der Waals surface area contributed by atoms with E-state index in [1.807, 2.05) is 12.1 Å². The van der Waals surface area contributed by atoms with Crippen molar-refractivity contribution in [2.75, 3.05) is 0 Å². The van der Waals surface area contributed by atoms with Crippen LogP contribution in [0.1, 0.15) is 5.69 Å². The van der Waals surface area contributed by atoms with Crippen molar-refractivity contribution >= 4 is 34.1 Å². The maximum absolute atomic E-state index is 8.67. The summed E-state index contributed by atoms with van der Waals surface area (Å²) < 4.78 is 0. The SMILES string of the molecule is N#Cc1ccc2ccc(Cl)c(Cl)c2n1. The molecular formula is C10H4Cl2N2. The Bertz CT molecular complexity index is 544. The molecule has 1 aromatic carbocycles. The first kappa shape index (κ1) is 9.26. The lowest BCUT2D eigenvalue weighted by Crippen LogP contribution is -1.85. The number of aromatic nitrogens is 1. The minimum absolute atomic E-state index is 0.335. The van der Waals surface area contributed by atoms with Crippen molar-refractivity contribution in [2.24, 2.45) is 0 Å². The number of nitriles is 1. The Hall–Kier alpha value is -1.30. The maximum Gasteiger partial charge on any atom is 0.141 e. The van der Waals surface area contributed by atoms with E-state index < -0.39 is 0 Å². The minimum atomic E-state index is 0.335. The van der Waals surface area contributed by atoms with E-state index in [4.69, 9.17) is 28.5 Å². The zero-order chi connectivity index (χ0) is 10.1. The Morgan fingerprint density at radius 1 is 1.14 bits per heavy atom. The first-order valence-electron chi connectivity index (χ1n) is 3.87. The Morgan fingerprint density at radius 2 is 1.86 bits per heavy atom. The Labute approximate surface area is 90.7 Å². The quantitative estimate of drug-likeness (QED) is 0.686. The molecular weight excluding hydrogens is 219 g/mol. The Morgan fingerprint density at radius 3 is 2.57 bits per heavy atom. The molecule has 2 aromatic rings. The van der Waals surface area contributed by atoms with Gasteiger partial charge in [0.15, 0.2) is 0 Å². The van der Waals surface area contributed by atoms with E-state index in [2.05, 4.69) is 4.98 Å². The lowest BCUT2D eigenvalue weighted by molar-refractivity contribution is 1.32. The predicted octanol–water partition coefficient (Wildman–Crippen LogP) is 3.41. The second-order valence-electron chi connectivity index (χ2n) is 2.74. The van der Waals surface area contributed by atoms with E-state index in [1.165, 1.54) is 0 Å². The number of hydrogen-bond donors (Lipinski definition) is 0. The van der Waals surface area contributed by atoms with Gasteiger partial charge in [-0.1, -0.05) is 29.3 Å². The normalized spacial score (nSPS) is 10.1. The van der Waals surface area contributed by atoms with Crippen molar-refractivity contribution in [3.8, 4) is 6.07 Å². The molecule has 0 amide bonds. The van der Waals surface area contributed by atoms with Crippen LogP contribution in [0.2, 0.25) is 10.0 Å². The van der Waals surface area contributed by atoms with E-state index in [0.29, 0.717) is 21.3 Å². The molecule has 68 valence electrons. The number of hydrogen-bond acceptors (Lipinski definition) is 2. The van der Waals surface area contributed by atoms with E-state index in [1.54, 1.807) is 18.2 Å². The molecule has 0 aliphatic carbocycles. The molecule has 0 bridgehead atoms. The largest absolute Gasteiger partial charge is 0.235 e. The van der Waals surface area contributed by atoms with Crippen molar-refractivity contribution in [1.82, 2.24) is 4.98 Å². The highest BCUT2D eigenvalue weighted by atomic mass is 35.5. The highest BCUT2D eigenvalue weighted by Crippen LogP contribution is 2.29. The highest BCUT2D eigenvalue weighted by Gasteiger charge is 2.05. The molecule has 0 spiro atoms. The van der Waals surface area contributed by atoms with Crippen LogP contribution in [0.4, 0.5) is 0 Å². The van der Waals surface area contributed by atoms with Gasteiger partial charge >= 0.3 is 0 Å². The van der Waals surface area contributed by atoms with Crippen LogP contribution in [-0.4, -0.2) is 4.98 Å². The zero-order valence-electron chi connectivity index (χ0n) is 6.96. The lowest BCUT2D eigenvalue weighted by Gasteiger charge is -2.01. The molecule has 0 fully saturated rings. The fourth-order valence-corrected chi connectivity index (χ4v) is 1.56. The van der Waals surface area contributed by atoms with Crippen LogP contribution >= 0.6 is 23.2 Å². The average molecular weight is 223 g/mol. The molecule has 4 heteroatoms. The second kappa shape index (κ2) is 3.45. The molecule has 0 saturated carbocycles. The molecule has 0 aliphatic rings. The Balaban J connectivity index is 2.86. The monoisotopic (exact) mass is 222 g/mol. The summed E-state index contributed by atoms with van der Waals surface area (Å²) in [5, 5.41) is 10.4. The van der Waals surface area contributed by atoms with Gasteiger partial charge in [0.05, 0.1) is 15.6 Å². The lowest BCUT2D eigenvalue weighted by atomic mass is 10.2. The molecule has 2 rings (SSSR count). The van der Waals surface area contributed by atoms with E-state index in [0.717, 1.165) is 5.39 Å². The van der Waals surface area contributed by atoms with Crippen molar-refractivity contribution in [1.29, 1.82) is 5.26 Å². The molecule has 0 unspecified atom stereocenters. The number of benzene rings is 1. The molecule has 14 heavy (non-hydrogen) atoms. The maximum atomic E-state index is 8.67. The number of halogens is 2. The van der Waals surface area contributed by atoms with Gasteiger partial charge in [-0.25, -0.2) is 4.98 Å². The Kier molecular flexibility index (Phi) is 2.28. The van der Waals surface area contributed by atoms with Crippen molar-refractivity contribution in [3.05, 3.63) is 40.0 Å². The summed E-state index contributed by atoms with van der Waals surface area (Å²) in [7, 11) is 0. The third-order valence-electron chi connectivity index (χ3n) is 1.87. The van der Waals surface area contributed by atoms with Crippen LogP contribution < -0.4 is 0 Å². The predicted molar refractivity (Wildman–Crippen MR) is 56.5 cm³/mol. The van der Waals surface area contributed by atoms with Gasteiger partial charge in [-0.3, -0.25) is 0 Å². The zero-order valence-corrected chi connectivity index (χ0v) is 8.47. The third kappa shape index (κ3) is 1.41. The summed E-state index contributed by atoms with van der Waals surface area (Å²) in [5.41, 5.74) is 0.903. The molecule has 2 nitrogen and oxygen atoms in total. The molecule has 0 N–H and O–H groups in total. The average Bonchev–Trinajstić information content (AvgIpc) is 2.23. The molecule has 0 aliphatic heterocycles. The standard InChI is InChI=1S/C10H4Cl2N2/c11-8-4-2-6-1-3-7(5-13)14-10(6)9(8)12/h1-4H. The minimum Gasteiger partial charge on any atom is -0.235 e. The summed E-state index contributed by atoms with van der Waals surface area (Å²) >= 11 is 11.8.